The van der Waals surface area contributed by atoms with Crippen molar-refractivity contribution in [2.24, 2.45) is 0 Å². The molecule has 32 heavy (non-hydrogen) atoms. The Hall–Kier alpha value is -2.28. The van der Waals surface area contributed by atoms with Gasteiger partial charge in [0.15, 0.2) is 0 Å². The number of rotatable bonds is 11. The van der Waals surface area contributed by atoms with Crippen molar-refractivity contribution in [2.45, 2.75) is 57.1 Å². The maximum atomic E-state index is 11.8. The van der Waals surface area contributed by atoms with E-state index in [2.05, 4.69) is 10.6 Å². The summed E-state index contributed by atoms with van der Waals surface area (Å²) in [5, 5.41) is 17.5. The lowest BCUT2D eigenvalue weighted by atomic mass is 9.93. The van der Waals surface area contributed by atoms with Crippen LogP contribution in [0.1, 0.15) is 50.5 Å². The highest BCUT2D eigenvalue weighted by Gasteiger charge is 2.24. The summed E-state index contributed by atoms with van der Waals surface area (Å²) in [4.78, 5) is 11.8. The molecule has 3 N–H and O–H groups in total. The lowest BCUT2D eigenvalue weighted by molar-refractivity contribution is -0.139. The number of hydrogen-bond donors (Lipinski definition) is 3. The van der Waals surface area contributed by atoms with Gasteiger partial charge in [0.2, 0.25) is 0 Å². The Morgan fingerprint density at radius 1 is 1.25 bits per heavy atom. The van der Waals surface area contributed by atoms with Crippen LogP contribution >= 0.6 is 11.6 Å². The Bertz CT molecular complexity index is 875. The average molecular weight is 461 g/mol. The van der Waals surface area contributed by atoms with E-state index in [1.807, 2.05) is 49.4 Å². The standard InChI is InChI=1S/C25H33ClN2O4/c1-3-4-22(25(29)30)17-5-10-23(24(15-17)27-19-8-6-18(26)7-9-19)28-20-11-14-32-21(16-20)12-13-31-2/h5-10,15,20-22,27-28H,3-4,11-14,16H2,1-2H3,(H,29,30). The minimum atomic E-state index is -0.796. The van der Waals surface area contributed by atoms with Gasteiger partial charge in [-0.15, -0.1) is 0 Å². The number of anilines is 3. The minimum absolute atomic E-state index is 0.175. The second-order valence-corrected chi connectivity index (χ2v) is 8.69. The summed E-state index contributed by atoms with van der Waals surface area (Å²) in [7, 11) is 1.71. The molecule has 6 nitrogen and oxygen atoms in total. The van der Waals surface area contributed by atoms with E-state index < -0.39 is 11.9 Å². The molecule has 1 aliphatic heterocycles. The lowest BCUT2D eigenvalue weighted by Crippen LogP contribution is -2.34. The van der Waals surface area contributed by atoms with Gasteiger partial charge in [0.1, 0.15) is 0 Å². The minimum Gasteiger partial charge on any atom is -0.481 e. The molecule has 3 rings (SSSR count). The van der Waals surface area contributed by atoms with Gasteiger partial charge >= 0.3 is 5.97 Å². The summed E-state index contributed by atoms with van der Waals surface area (Å²) in [5.41, 5.74) is 3.49. The number of carboxylic acid groups (broad SMARTS) is 1. The summed E-state index contributed by atoms with van der Waals surface area (Å²) >= 11 is 6.03. The van der Waals surface area contributed by atoms with Gasteiger partial charge in [-0.2, -0.15) is 0 Å². The van der Waals surface area contributed by atoms with Gasteiger partial charge in [0, 0.05) is 37.1 Å². The monoisotopic (exact) mass is 460 g/mol. The zero-order valence-electron chi connectivity index (χ0n) is 18.8. The van der Waals surface area contributed by atoms with E-state index in [-0.39, 0.29) is 12.1 Å². The van der Waals surface area contributed by atoms with Gasteiger partial charge in [0.05, 0.1) is 23.4 Å². The zero-order chi connectivity index (χ0) is 22.9. The zero-order valence-corrected chi connectivity index (χ0v) is 19.5. The summed E-state index contributed by atoms with van der Waals surface area (Å²) < 4.78 is 11.1. The first-order chi connectivity index (χ1) is 15.5. The predicted molar refractivity (Wildman–Crippen MR) is 129 cm³/mol. The van der Waals surface area contributed by atoms with Crippen molar-refractivity contribution in [3.8, 4) is 0 Å². The van der Waals surface area contributed by atoms with Gasteiger partial charge in [0.25, 0.3) is 0 Å². The molecule has 7 heteroatoms. The molecule has 174 valence electrons. The van der Waals surface area contributed by atoms with E-state index in [1.54, 1.807) is 7.11 Å². The lowest BCUT2D eigenvalue weighted by Gasteiger charge is -2.31. The number of carbonyl (C=O) groups is 1. The topological polar surface area (TPSA) is 79.8 Å². The maximum Gasteiger partial charge on any atom is 0.310 e. The third-order valence-corrected chi connectivity index (χ3v) is 6.07. The number of ether oxygens (including phenoxy) is 2. The Morgan fingerprint density at radius 2 is 2.03 bits per heavy atom. The quantitative estimate of drug-likeness (QED) is 0.379. The van der Waals surface area contributed by atoms with Gasteiger partial charge in [-0.1, -0.05) is 31.0 Å². The predicted octanol–water partition coefficient (Wildman–Crippen LogP) is 6.05. The molecule has 0 spiro atoms. The van der Waals surface area contributed by atoms with Crippen LogP contribution in [0.15, 0.2) is 42.5 Å². The number of halogens is 1. The molecule has 1 heterocycles. The SMILES string of the molecule is CCCC(C(=O)O)c1ccc(NC2CCOC(CCOC)C2)c(Nc2ccc(Cl)cc2)c1. The van der Waals surface area contributed by atoms with Gasteiger partial charge in [-0.05, 0) is 67.6 Å². The normalized spacial score (nSPS) is 19.3. The van der Waals surface area contributed by atoms with Crippen LogP contribution in [0, 0.1) is 0 Å². The van der Waals surface area contributed by atoms with Crippen molar-refractivity contribution < 1.29 is 19.4 Å². The molecule has 0 radical (unpaired) electrons. The van der Waals surface area contributed by atoms with Crippen molar-refractivity contribution in [2.75, 3.05) is 31.0 Å². The van der Waals surface area contributed by atoms with E-state index in [1.165, 1.54) is 0 Å². The molecule has 3 unspecified atom stereocenters. The maximum absolute atomic E-state index is 11.8. The van der Waals surface area contributed by atoms with E-state index in [0.717, 1.165) is 48.3 Å². The number of carboxylic acids is 1. The summed E-state index contributed by atoms with van der Waals surface area (Å²) in [5.74, 6) is -1.32. The Kier molecular flexibility index (Phi) is 9.21. The molecule has 0 aromatic heterocycles. The number of aliphatic carboxylic acids is 1. The van der Waals surface area contributed by atoms with Crippen LogP contribution in [-0.2, 0) is 14.3 Å². The van der Waals surface area contributed by atoms with Crippen LogP contribution in [0.3, 0.4) is 0 Å². The van der Waals surface area contributed by atoms with Crippen molar-refractivity contribution >= 4 is 34.6 Å². The Morgan fingerprint density at radius 3 is 2.72 bits per heavy atom. The molecule has 1 aliphatic rings. The van der Waals surface area contributed by atoms with Crippen LogP contribution in [0.5, 0.6) is 0 Å². The van der Waals surface area contributed by atoms with Gasteiger partial charge < -0.3 is 25.2 Å². The first-order valence-electron chi connectivity index (χ1n) is 11.3. The second-order valence-electron chi connectivity index (χ2n) is 8.26. The largest absolute Gasteiger partial charge is 0.481 e. The molecular weight excluding hydrogens is 428 g/mol. The molecule has 2 aromatic carbocycles. The second kappa shape index (κ2) is 12.1. The van der Waals surface area contributed by atoms with Crippen molar-refractivity contribution in [3.63, 3.8) is 0 Å². The average Bonchev–Trinajstić information content (AvgIpc) is 2.79. The number of methoxy groups -OCH3 is 1. The first kappa shape index (κ1) is 24.4. The van der Waals surface area contributed by atoms with Crippen LogP contribution in [0.2, 0.25) is 5.02 Å². The highest BCUT2D eigenvalue weighted by Crippen LogP contribution is 2.33. The number of nitrogens with one attached hydrogen (secondary N) is 2. The van der Waals surface area contributed by atoms with E-state index >= 15 is 0 Å². The molecule has 0 aliphatic carbocycles. The number of benzene rings is 2. The molecular formula is C25H33ClN2O4. The number of hydrogen-bond acceptors (Lipinski definition) is 5. The van der Waals surface area contributed by atoms with Crippen LogP contribution in [-0.4, -0.2) is 43.5 Å². The fourth-order valence-corrected chi connectivity index (χ4v) is 4.23. The summed E-state index contributed by atoms with van der Waals surface area (Å²) in [6, 6.07) is 13.6. The van der Waals surface area contributed by atoms with Gasteiger partial charge in [-0.25, -0.2) is 0 Å². The molecule has 0 saturated carbocycles. The Labute approximate surface area is 195 Å². The summed E-state index contributed by atoms with van der Waals surface area (Å²) in [6.07, 6.45) is 4.28. The Balaban J connectivity index is 1.84. The van der Waals surface area contributed by atoms with E-state index in [9.17, 15) is 9.90 Å². The van der Waals surface area contributed by atoms with Gasteiger partial charge in [-0.3, -0.25) is 4.79 Å². The first-order valence-corrected chi connectivity index (χ1v) is 11.6. The highest BCUT2D eigenvalue weighted by atomic mass is 35.5. The van der Waals surface area contributed by atoms with E-state index in [0.29, 0.717) is 24.7 Å². The van der Waals surface area contributed by atoms with Crippen LogP contribution in [0.4, 0.5) is 17.1 Å². The molecule has 0 bridgehead atoms. The molecule has 2 aromatic rings. The molecule has 0 amide bonds. The van der Waals surface area contributed by atoms with Crippen LogP contribution < -0.4 is 10.6 Å². The smallest absolute Gasteiger partial charge is 0.310 e. The molecule has 1 saturated heterocycles. The fourth-order valence-electron chi connectivity index (χ4n) is 4.10. The summed E-state index contributed by atoms with van der Waals surface area (Å²) in [6.45, 7) is 3.40. The van der Waals surface area contributed by atoms with Crippen molar-refractivity contribution in [1.29, 1.82) is 0 Å². The third-order valence-electron chi connectivity index (χ3n) is 5.82. The van der Waals surface area contributed by atoms with E-state index in [4.69, 9.17) is 21.1 Å². The van der Waals surface area contributed by atoms with Crippen molar-refractivity contribution in [1.82, 2.24) is 0 Å². The third kappa shape index (κ3) is 6.86. The van der Waals surface area contributed by atoms with Crippen molar-refractivity contribution in [3.05, 3.63) is 53.1 Å². The fraction of sp³-hybridized carbons (Fsp3) is 0.480. The van der Waals surface area contributed by atoms with Crippen LogP contribution in [0.25, 0.3) is 0 Å². The highest BCUT2D eigenvalue weighted by molar-refractivity contribution is 6.30. The molecule has 1 fully saturated rings. The molecule has 3 atom stereocenters.